The average molecular weight is 739 g/mol. The standard InChI is InChI=1S/C37H38N8O7S/c1-43(20-23-7-5-10-28(17-23)53-22-26-21-44(42-40-26)27-9-6-8-24(18-27)34(48)41-52)33(47)11-3-2-4-16-38-25-12-13-29-30(19-25)37(51)45(36(29)50)31-14-15-32(46)39-35(31)49/h5-10,12-13,17-19,21,31,38,52H,2-4,11,14-16,20,22H2,1H3,(H,41,48)(H,39,46,49). The highest BCUT2D eigenvalue weighted by Crippen LogP contribution is 2.30. The summed E-state index contributed by atoms with van der Waals surface area (Å²) in [7, 11) is 1.79. The third-order valence-electron chi connectivity index (χ3n) is 8.98. The van der Waals surface area contributed by atoms with Crippen LogP contribution in [-0.2, 0) is 26.7 Å². The van der Waals surface area contributed by atoms with Gasteiger partial charge in [-0.15, -0.1) is 16.9 Å². The molecule has 4 aromatic rings. The summed E-state index contributed by atoms with van der Waals surface area (Å²) in [5.74, 6) is -2.14. The Kier molecular flexibility index (Phi) is 11.6. The molecule has 274 valence electrons. The summed E-state index contributed by atoms with van der Waals surface area (Å²) in [4.78, 5) is 78.1. The van der Waals surface area contributed by atoms with Crippen molar-refractivity contribution in [3.05, 3.63) is 101 Å². The van der Waals surface area contributed by atoms with Gasteiger partial charge in [-0.3, -0.25) is 44.2 Å². The predicted molar refractivity (Wildman–Crippen MR) is 193 cm³/mol. The van der Waals surface area contributed by atoms with E-state index in [1.165, 1.54) is 0 Å². The van der Waals surface area contributed by atoms with E-state index in [1.54, 1.807) is 82.5 Å². The number of aromatic nitrogens is 3. The van der Waals surface area contributed by atoms with Gasteiger partial charge in [0.1, 0.15) is 6.04 Å². The van der Waals surface area contributed by atoms with Gasteiger partial charge in [0, 0.05) is 54.9 Å². The van der Waals surface area contributed by atoms with E-state index in [9.17, 15) is 28.8 Å². The number of thioether (sulfide) groups is 1. The van der Waals surface area contributed by atoms with Gasteiger partial charge in [0.2, 0.25) is 17.7 Å². The number of imide groups is 2. The molecule has 3 aromatic carbocycles. The fraction of sp³-hybridized carbons (Fsp3) is 0.297. The van der Waals surface area contributed by atoms with E-state index in [0.29, 0.717) is 42.2 Å². The summed E-state index contributed by atoms with van der Waals surface area (Å²) in [5, 5.41) is 22.8. The van der Waals surface area contributed by atoms with Crippen LogP contribution >= 0.6 is 11.8 Å². The number of rotatable bonds is 15. The van der Waals surface area contributed by atoms with Crippen molar-refractivity contribution in [3.63, 3.8) is 0 Å². The minimum Gasteiger partial charge on any atom is -0.385 e. The maximum atomic E-state index is 13.1. The second-order valence-corrected chi connectivity index (χ2v) is 13.8. The van der Waals surface area contributed by atoms with Gasteiger partial charge in [-0.25, -0.2) is 10.2 Å². The van der Waals surface area contributed by atoms with Crippen LogP contribution in [0.2, 0.25) is 0 Å². The van der Waals surface area contributed by atoms with Gasteiger partial charge < -0.3 is 10.2 Å². The third kappa shape index (κ3) is 8.78. The molecule has 0 bridgehead atoms. The van der Waals surface area contributed by atoms with Crippen LogP contribution < -0.4 is 16.1 Å². The number of hydrogen-bond donors (Lipinski definition) is 4. The molecule has 53 heavy (non-hydrogen) atoms. The van der Waals surface area contributed by atoms with Crippen molar-refractivity contribution < 1.29 is 34.0 Å². The van der Waals surface area contributed by atoms with Crippen LogP contribution in [0.1, 0.15) is 80.9 Å². The van der Waals surface area contributed by atoms with Crippen LogP contribution in [-0.4, -0.2) is 85.1 Å². The van der Waals surface area contributed by atoms with Crippen LogP contribution in [0.4, 0.5) is 5.69 Å². The van der Waals surface area contributed by atoms with Crippen molar-refractivity contribution in [1.82, 2.24) is 35.6 Å². The first-order valence-corrected chi connectivity index (χ1v) is 18.1. The predicted octanol–water partition coefficient (Wildman–Crippen LogP) is 3.71. The highest BCUT2D eigenvalue weighted by atomic mass is 32.2. The van der Waals surface area contributed by atoms with Crippen LogP contribution in [0, 0.1) is 0 Å². The molecular formula is C37H38N8O7S. The Morgan fingerprint density at radius 1 is 0.981 bits per heavy atom. The van der Waals surface area contributed by atoms with Gasteiger partial charge in [0.15, 0.2) is 0 Å². The highest BCUT2D eigenvalue weighted by molar-refractivity contribution is 7.98. The lowest BCUT2D eigenvalue weighted by atomic mass is 10.0. The number of anilines is 1. The van der Waals surface area contributed by atoms with Crippen LogP contribution in [0.5, 0.6) is 0 Å². The number of nitrogens with one attached hydrogen (secondary N) is 3. The molecule has 4 N–H and O–H groups in total. The minimum atomic E-state index is -1.00. The zero-order valence-electron chi connectivity index (χ0n) is 28.9. The molecule has 15 nitrogen and oxygen atoms in total. The smallest absolute Gasteiger partial charge is 0.274 e. The molecule has 1 fully saturated rings. The van der Waals surface area contributed by atoms with E-state index in [0.717, 1.165) is 40.3 Å². The van der Waals surface area contributed by atoms with E-state index in [4.69, 9.17) is 5.21 Å². The normalized spacial score (nSPS) is 15.3. The second kappa shape index (κ2) is 16.6. The largest absolute Gasteiger partial charge is 0.385 e. The Labute approximate surface area is 309 Å². The van der Waals surface area contributed by atoms with Gasteiger partial charge in [0.05, 0.1) is 28.7 Å². The second-order valence-electron chi connectivity index (χ2n) is 12.8. The number of carbonyl (C=O) groups excluding carboxylic acids is 6. The number of piperidine rings is 1. The van der Waals surface area contributed by atoms with E-state index in [1.807, 2.05) is 18.2 Å². The van der Waals surface area contributed by atoms with Crippen LogP contribution in [0.25, 0.3) is 5.69 Å². The molecule has 2 aliphatic heterocycles. The van der Waals surface area contributed by atoms with Crippen LogP contribution in [0.3, 0.4) is 0 Å². The minimum absolute atomic E-state index is 0.0514. The molecule has 6 amide bonds. The Morgan fingerprint density at radius 2 is 1.79 bits per heavy atom. The molecule has 6 rings (SSSR count). The Bertz CT molecular complexity index is 2070. The molecule has 16 heteroatoms. The molecule has 1 aromatic heterocycles. The number of benzene rings is 3. The first-order valence-electron chi connectivity index (χ1n) is 17.1. The molecule has 3 heterocycles. The van der Waals surface area contributed by atoms with E-state index in [2.05, 4.69) is 27.0 Å². The highest BCUT2D eigenvalue weighted by Gasteiger charge is 2.44. The fourth-order valence-electron chi connectivity index (χ4n) is 6.18. The van der Waals surface area contributed by atoms with Gasteiger partial charge in [-0.05, 0) is 73.4 Å². The number of nitrogens with zero attached hydrogens (tertiary/aromatic N) is 5. The lowest BCUT2D eigenvalue weighted by Crippen LogP contribution is -2.54. The quantitative estimate of drug-likeness (QED) is 0.0457. The summed E-state index contributed by atoms with van der Waals surface area (Å²) in [5.41, 5.74) is 5.44. The summed E-state index contributed by atoms with van der Waals surface area (Å²) in [6.45, 7) is 1.09. The van der Waals surface area contributed by atoms with Crippen molar-refractivity contribution in [2.45, 2.75) is 61.8 Å². The lowest BCUT2D eigenvalue weighted by Gasteiger charge is -2.27. The fourth-order valence-corrected chi connectivity index (χ4v) is 7.04. The number of hydrogen-bond acceptors (Lipinski definition) is 11. The zero-order valence-corrected chi connectivity index (χ0v) is 29.7. The monoisotopic (exact) mass is 738 g/mol. The maximum Gasteiger partial charge on any atom is 0.274 e. The van der Waals surface area contributed by atoms with E-state index in [-0.39, 0.29) is 29.9 Å². The number of carbonyl (C=O) groups is 6. The summed E-state index contributed by atoms with van der Waals surface area (Å²) >= 11 is 1.59. The third-order valence-corrected chi connectivity index (χ3v) is 10.0. The first-order chi connectivity index (χ1) is 25.6. The molecule has 2 aliphatic rings. The molecule has 0 radical (unpaired) electrons. The number of fused-ring (bicyclic) bond motifs is 1. The topological polar surface area (TPSA) is 196 Å². The average Bonchev–Trinajstić information content (AvgIpc) is 3.74. The van der Waals surface area contributed by atoms with Crippen molar-refractivity contribution in [2.24, 2.45) is 0 Å². The van der Waals surface area contributed by atoms with E-state index < -0.39 is 35.6 Å². The number of unbranched alkanes of at least 4 members (excludes halogenated alkanes) is 2. The first kappa shape index (κ1) is 36.9. The number of amides is 6. The molecule has 0 saturated carbocycles. The molecular weight excluding hydrogens is 701 g/mol. The molecule has 0 spiro atoms. The summed E-state index contributed by atoms with van der Waals surface area (Å²) in [6.07, 6.45) is 4.71. The van der Waals surface area contributed by atoms with Gasteiger partial charge in [-0.2, -0.15) is 0 Å². The zero-order chi connectivity index (χ0) is 37.5. The molecule has 0 aliphatic carbocycles. The summed E-state index contributed by atoms with van der Waals surface area (Å²) in [6, 6.07) is 18.6. The maximum absolute atomic E-state index is 13.1. The lowest BCUT2D eigenvalue weighted by molar-refractivity contribution is -0.136. The Morgan fingerprint density at radius 3 is 2.60 bits per heavy atom. The Balaban J connectivity index is 0.904. The van der Waals surface area contributed by atoms with Gasteiger partial charge in [-0.1, -0.05) is 29.8 Å². The van der Waals surface area contributed by atoms with Gasteiger partial charge in [0.25, 0.3) is 17.7 Å². The Hall–Kier alpha value is -5.87. The van der Waals surface area contributed by atoms with Crippen molar-refractivity contribution >= 4 is 52.9 Å². The molecule has 1 atom stereocenters. The van der Waals surface area contributed by atoms with Crippen LogP contribution in [0.15, 0.2) is 77.8 Å². The van der Waals surface area contributed by atoms with Crippen molar-refractivity contribution in [1.29, 1.82) is 0 Å². The number of hydroxylamine groups is 1. The van der Waals surface area contributed by atoms with Gasteiger partial charge >= 0.3 is 0 Å². The summed E-state index contributed by atoms with van der Waals surface area (Å²) < 4.78 is 1.57. The van der Waals surface area contributed by atoms with Crippen molar-refractivity contribution in [2.75, 3.05) is 18.9 Å². The van der Waals surface area contributed by atoms with Crippen molar-refractivity contribution in [3.8, 4) is 5.69 Å². The SMILES string of the molecule is CN(Cc1cccc(SCc2cn(-c3cccc(C(=O)NO)c3)nn2)c1)C(=O)CCCCCNc1ccc2c(c1)C(=O)N(C1CCC(=O)NC1=O)C2=O. The molecule has 1 unspecified atom stereocenters. The van der Waals surface area contributed by atoms with E-state index >= 15 is 0 Å². The molecule has 1 saturated heterocycles.